The van der Waals surface area contributed by atoms with Crippen LogP contribution in [0.5, 0.6) is 5.75 Å². The van der Waals surface area contributed by atoms with Gasteiger partial charge in [0.25, 0.3) is 0 Å². The van der Waals surface area contributed by atoms with Crippen LogP contribution >= 0.6 is 11.8 Å². The van der Waals surface area contributed by atoms with Gasteiger partial charge in [-0.05, 0) is 29.5 Å². The highest BCUT2D eigenvalue weighted by atomic mass is 32.2. The Hall–Kier alpha value is -0.880. The maximum Gasteiger partial charge on any atom is 0.441 e. The highest BCUT2D eigenvalue weighted by Crippen LogP contribution is 2.29. The third kappa shape index (κ3) is 6.43. The maximum atomic E-state index is 11.8. The SMILES string of the molecule is COc1ccc(CNCCSC(F)(F)F)cc1. The normalized spacial score (nSPS) is 11.5. The number of thioether (sulfide) groups is 1. The quantitative estimate of drug-likeness (QED) is 0.799. The van der Waals surface area contributed by atoms with E-state index in [4.69, 9.17) is 4.74 Å². The molecule has 0 aliphatic heterocycles. The lowest BCUT2D eigenvalue weighted by Gasteiger charge is -2.07. The molecular weight excluding hydrogens is 251 g/mol. The maximum absolute atomic E-state index is 11.8. The highest BCUT2D eigenvalue weighted by Gasteiger charge is 2.27. The van der Waals surface area contributed by atoms with Crippen molar-refractivity contribution in [1.29, 1.82) is 0 Å². The molecular formula is C11H14F3NOS. The van der Waals surface area contributed by atoms with Crippen molar-refractivity contribution in [3.63, 3.8) is 0 Å². The van der Waals surface area contributed by atoms with Crippen molar-refractivity contribution < 1.29 is 17.9 Å². The first-order valence-electron chi connectivity index (χ1n) is 5.05. The second-order valence-electron chi connectivity index (χ2n) is 3.32. The van der Waals surface area contributed by atoms with E-state index in [0.717, 1.165) is 11.3 Å². The van der Waals surface area contributed by atoms with Crippen LogP contribution in [0.2, 0.25) is 0 Å². The molecule has 0 radical (unpaired) electrons. The number of alkyl halides is 3. The highest BCUT2D eigenvalue weighted by molar-refractivity contribution is 8.00. The number of ether oxygens (including phenoxy) is 1. The van der Waals surface area contributed by atoms with Crippen LogP contribution in [0.15, 0.2) is 24.3 Å². The van der Waals surface area contributed by atoms with Crippen molar-refractivity contribution in [3.8, 4) is 5.75 Å². The van der Waals surface area contributed by atoms with Crippen LogP contribution in [0.3, 0.4) is 0 Å². The lowest BCUT2D eigenvalue weighted by molar-refractivity contribution is -0.0327. The summed E-state index contributed by atoms with van der Waals surface area (Å²) in [6, 6.07) is 7.40. The first-order valence-corrected chi connectivity index (χ1v) is 6.04. The lowest BCUT2D eigenvalue weighted by atomic mass is 10.2. The van der Waals surface area contributed by atoms with Gasteiger partial charge in [0.15, 0.2) is 0 Å². The Kier molecular flexibility index (Phi) is 5.64. The summed E-state index contributed by atoms with van der Waals surface area (Å²) in [7, 11) is 1.58. The van der Waals surface area contributed by atoms with Gasteiger partial charge in [-0.2, -0.15) is 13.2 Å². The van der Waals surface area contributed by atoms with E-state index in [1.807, 2.05) is 24.3 Å². The van der Waals surface area contributed by atoms with Crippen molar-refractivity contribution in [2.45, 2.75) is 12.1 Å². The molecule has 17 heavy (non-hydrogen) atoms. The van der Waals surface area contributed by atoms with E-state index < -0.39 is 5.51 Å². The molecule has 1 rings (SSSR count). The summed E-state index contributed by atoms with van der Waals surface area (Å²) in [5.41, 5.74) is -3.12. The standard InChI is InChI=1S/C11H14F3NOS/c1-16-10-4-2-9(3-5-10)8-15-6-7-17-11(12,13)14/h2-5,15H,6-8H2,1H3. The molecule has 6 heteroatoms. The largest absolute Gasteiger partial charge is 0.497 e. The van der Waals surface area contributed by atoms with Crippen LogP contribution in [0.4, 0.5) is 13.2 Å². The molecule has 1 aromatic carbocycles. The first kappa shape index (κ1) is 14.2. The van der Waals surface area contributed by atoms with Crippen molar-refractivity contribution in [1.82, 2.24) is 5.32 Å². The molecule has 0 unspecified atom stereocenters. The van der Waals surface area contributed by atoms with Crippen molar-refractivity contribution in [2.75, 3.05) is 19.4 Å². The molecule has 2 nitrogen and oxygen atoms in total. The molecule has 0 fully saturated rings. The van der Waals surface area contributed by atoms with Gasteiger partial charge in [-0.25, -0.2) is 0 Å². The summed E-state index contributed by atoms with van der Waals surface area (Å²) in [5.74, 6) is 0.793. The monoisotopic (exact) mass is 265 g/mol. The minimum absolute atomic E-state index is 0.00772. The Morgan fingerprint density at radius 3 is 2.41 bits per heavy atom. The predicted octanol–water partition coefficient (Wildman–Crippen LogP) is 3.04. The molecule has 1 N–H and O–H groups in total. The summed E-state index contributed by atoms with van der Waals surface area (Å²) < 4.78 is 40.4. The number of benzene rings is 1. The van der Waals surface area contributed by atoms with Gasteiger partial charge in [0.05, 0.1) is 7.11 Å². The molecule has 0 aliphatic carbocycles. The average molecular weight is 265 g/mol. The summed E-state index contributed by atoms with van der Waals surface area (Å²) >= 11 is -0.00772. The van der Waals surface area contributed by atoms with Gasteiger partial charge in [0.2, 0.25) is 0 Å². The van der Waals surface area contributed by atoms with E-state index in [1.165, 1.54) is 0 Å². The Bertz CT molecular complexity index is 326. The van der Waals surface area contributed by atoms with Gasteiger partial charge in [0.1, 0.15) is 5.75 Å². The van der Waals surface area contributed by atoms with E-state index >= 15 is 0 Å². The zero-order chi connectivity index (χ0) is 12.7. The van der Waals surface area contributed by atoms with Crippen molar-refractivity contribution >= 4 is 11.8 Å². The third-order valence-electron chi connectivity index (χ3n) is 2.03. The second-order valence-corrected chi connectivity index (χ2v) is 4.48. The third-order valence-corrected chi connectivity index (χ3v) is 2.77. The number of rotatable bonds is 6. The Morgan fingerprint density at radius 1 is 1.24 bits per heavy atom. The summed E-state index contributed by atoms with van der Waals surface area (Å²) in [5, 5.41) is 2.95. The van der Waals surface area contributed by atoms with Crippen LogP contribution < -0.4 is 10.1 Å². The summed E-state index contributed by atoms with van der Waals surface area (Å²) in [4.78, 5) is 0. The van der Waals surface area contributed by atoms with Crippen LogP contribution in [-0.4, -0.2) is 24.9 Å². The van der Waals surface area contributed by atoms with Gasteiger partial charge in [-0.1, -0.05) is 12.1 Å². The molecule has 0 spiro atoms. The minimum Gasteiger partial charge on any atom is -0.497 e. The zero-order valence-electron chi connectivity index (χ0n) is 9.38. The first-order chi connectivity index (χ1) is 8.01. The number of hydrogen-bond acceptors (Lipinski definition) is 3. The molecule has 0 aromatic heterocycles. The van der Waals surface area contributed by atoms with Gasteiger partial charge < -0.3 is 10.1 Å². The molecule has 0 amide bonds. The Labute approximate surface area is 103 Å². The van der Waals surface area contributed by atoms with E-state index in [0.29, 0.717) is 13.1 Å². The van der Waals surface area contributed by atoms with Gasteiger partial charge in [-0.15, -0.1) is 0 Å². The molecule has 0 saturated heterocycles. The van der Waals surface area contributed by atoms with Gasteiger partial charge in [0, 0.05) is 18.8 Å². The smallest absolute Gasteiger partial charge is 0.441 e. The van der Waals surface area contributed by atoms with Crippen molar-refractivity contribution in [3.05, 3.63) is 29.8 Å². The van der Waals surface area contributed by atoms with Crippen LogP contribution in [0.25, 0.3) is 0 Å². The Balaban J connectivity index is 2.18. The van der Waals surface area contributed by atoms with Crippen LogP contribution in [0.1, 0.15) is 5.56 Å². The predicted molar refractivity (Wildman–Crippen MR) is 63.2 cm³/mol. The van der Waals surface area contributed by atoms with E-state index in [9.17, 15) is 13.2 Å². The van der Waals surface area contributed by atoms with E-state index in [2.05, 4.69) is 5.32 Å². The fourth-order valence-electron chi connectivity index (χ4n) is 1.22. The summed E-state index contributed by atoms with van der Waals surface area (Å²) in [6.07, 6.45) is 0. The van der Waals surface area contributed by atoms with Crippen molar-refractivity contribution in [2.24, 2.45) is 0 Å². The fraction of sp³-hybridized carbons (Fsp3) is 0.455. The number of methoxy groups -OCH3 is 1. The number of hydrogen-bond donors (Lipinski definition) is 1. The van der Waals surface area contributed by atoms with Gasteiger partial charge >= 0.3 is 5.51 Å². The topological polar surface area (TPSA) is 21.3 Å². The molecule has 0 heterocycles. The Morgan fingerprint density at radius 2 is 1.88 bits per heavy atom. The number of halogens is 3. The molecule has 0 saturated carbocycles. The van der Waals surface area contributed by atoms with E-state index in [1.54, 1.807) is 7.11 Å². The minimum atomic E-state index is -4.14. The number of nitrogens with one attached hydrogen (secondary N) is 1. The zero-order valence-corrected chi connectivity index (χ0v) is 10.2. The van der Waals surface area contributed by atoms with Gasteiger partial charge in [-0.3, -0.25) is 0 Å². The molecule has 0 atom stereocenters. The fourth-order valence-corrected chi connectivity index (χ4v) is 1.69. The molecule has 0 aliphatic rings. The molecule has 96 valence electrons. The van der Waals surface area contributed by atoms with E-state index in [-0.39, 0.29) is 17.5 Å². The van der Waals surface area contributed by atoms with Crippen LogP contribution in [0, 0.1) is 0 Å². The second kappa shape index (κ2) is 6.76. The van der Waals surface area contributed by atoms with Crippen LogP contribution in [-0.2, 0) is 6.54 Å². The molecule has 1 aromatic rings. The molecule has 0 bridgehead atoms. The lowest BCUT2D eigenvalue weighted by Crippen LogP contribution is -2.18. The average Bonchev–Trinajstić information content (AvgIpc) is 2.28. The summed E-state index contributed by atoms with van der Waals surface area (Å²) in [6.45, 7) is 0.888.